The first-order valence-electron chi connectivity index (χ1n) is 5.85. The van der Waals surface area contributed by atoms with Crippen LogP contribution in [0.3, 0.4) is 0 Å². The molecule has 2 rings (SSSR count). The van der Waals surface area contributed by atoms with Gasteiger partial charge in [0.25, 0.3) is 0 Å². The summed E-state index contributed by atoms with van der Waals surface area (Å²) in [6, 6.07) is 7.29. The van der Waals surface area contributed by atoms with E-state index in [4.69, 9.17) is 15.6 Å². The minimum absolute atomic E-state index is 0.0707. The van der Waals surface area contributed by atoms with Crippen LogP contribution in [0.2, 0.25) is 0 Å². The number of carboxylic acid groups (broad SMARTS) is 1. The van der Waals surface area contributed by atoms with Gasteiger partial charge in [-0.2, -0.15) is 4.37 Å². The predicted molar refractivity (Wildman–Crippen MR) is 74.7 cm³/mol. The Bertz CT molecular complexity index is 578. The van der Waals surface area contributed by atoms with Crippen molar-refractivity contribution >= 4 is 23.2 Å². The number of aromatic carboxylic acids is 1. The van der Waals surface area contributed by atoms with E-state index in [-0.39, 0.29) is 10.6 Å². The minimum Gasteiger partial charge on any atom is -0.494 e. The summed E-state index contributed by atoms with van der Waals surface area (Å²) in [5, 5.41) is 8.94. The molecule has 3 N–H and O–H groups in total. The molecule has 0 saturated heterocycles. The zero-order chi connectivity index (χ0) is 13.8. The SMILES string of the molecule is CCCOc1ccc(-c2nsc(C(=O)O)c2N)cc1. The summed E-state index contributed by atoms with van der Waals surface area (Å²) in [5.74, 6) is -0.276. The van der Waals surface area contributed by atoms with E-state index in [2.05, 4.69) is 4.37 Å². The van der Waals surface area contributed by atoms with E-state index in [9.17, 15) is 4.79 Å². The lowest BCUT2D eigenvalue weighted by Gasteiger charge is -2.05. The quantitative estimate of drug-likeness (QED) is 0.878. The number of nitrogens with two attached hydrogens (primary N) is 1. The van der Waals surface area contributed by atoms with E-state index in [1.165, 1.54) is 0 Å². The van der Waals surface area contributed by atoms with Crippen LogP contribution in [0.5, 0.6) is 5.75 Å². The van der Waals surface area contributed by atoms with Gasteiger partial charge in [0, 0.05) is 5.56 Å². The molecule has 19 heavy (non-hydrogen) atoms. The maximum Gasteiger partial charge on any atom is 0.349 e. The smallest absolute Gasteiger partial charge is 0.349 e. The molecular weight excluding hydrogens is 264 g/mol. The minimum atomic E-state index is -1.05. The second-order valence-corrected chi connectivity index (χ2v) is 4.73. The number of nitrogens with zero attached hydrogens (tertiary/aromatic N) is 1. The van der Waals surface area contributed by atoms with Crippen molar-refractivity contribution in [3.05, 3.63) is 29.1 Å². The van der Waals surface area contributed by atoms with Crippen molar-refractivity contribution in [2.45, 2.75) is 13.3 Å². The van der Waals surface area contributed by atoms with Crippen molar-refractivity contribution in [2.75, 3.05) is 12.3 Å². The van der Waals surface area contributed by atoms with Crippen LogP contribution in [0.4, 0.5) is 5.69 Å². The summed E-state index contributed by atoms with van der Waals surface area (Å²) in [6.07, 6.45) is 0.947. The fourth-order valence-electron chi connectivity index (χ4n) is 1.59. The van der Waals surface area contributed by atoms with E-state index < -0.39 is 5.97 Å². The summed E-state index contributed by atoms with van der Waals surface area (Å²) in [6.45, 7) is 2.71. The van der Waals surface area contributed by atoms with Crippen LogP contribution in [0.15, 0.2) is 24.3 Å². The van der Waals surface area contributed by atoms with Gasteiger partial charge in [-0.15, -0.1) is 0 Å². The molecule has 1 heterocycles. The highest BCUT2D eigenvalue weighted by Crippen LogP contribution is 2.31. The third-order valence-corrected chi connectivity index (χ3v) is 3.37. The number of anilines is 1. The van der Waals surface area contributed by atoms with Crippen LogP contribution in [0.25, 0.3) is 11.3 Å². The Morgan fingerprint density at radius 3 is 2.63 bits per heavy atom. The van der Waals surface area contributed by atoms with Gasteiger partial charge < -0.3 is 15.6 Å². The zero-order valence-electron chi connectivity index (χ0n) is 10.4. The Balaban J connectivity index is 2.25. The highest BCUT2D eigenvalue weighted by molar-refractivity contribution is 7.09. The first-order valence-corrected chi connectivity index (χ1v) is 6.62. The van der Waals surface area contributed by atoms with Gasteiger partial charge in [-0.1, -0.05) is 6.92 Å². The summed E-state index contributed by atoms with van der Waals surface area (Å²) >= 11 is 0.891. The molecule has 0 fully saturated rings. The molecule has 1 aromatic carbocycles. The van der Waals surface area contributed by atoms with Gasteiger partial charge in [-0.25, -0.2) is 4.79 Å². The Morgan fingerprint density at radius 1 is 1.42 bits per heavy atom. The molecule has 0 aliphatic heterocycles. The van der Waals surface area contributed by atoms with Crippen molar-refractivity contribution < 1.29 is 14.6 Å². The van der Waals surface area contributed by atoms with E-state index in [1.807, 2.05) is 31.2 Å². The molecule has 0 bridgehead atoms. The normalized spacial score (nSPS) is 10.4. The number of nitrogen functional groups attached to an aromatic ring is 1. The second-order valence-electron chi connectivity index (χ2n) is 3.95. The number of ether oxygens (including phenoxy) is 1. The maximum absolute atomic E-state index is 10.9. The average Bonchev–Trinajstić information content (AvgIpc) is 2.79. The van der Waals surface area contributed by atoms with Crippen molar-refractivity contribution in [1.82, 2.24) is 4.37 Å². The van der Waals surface area contributed by atoms with Crippen LogP contribution >= 0.6 is 11.5 Å². The van der Waals surface area contributed by atoms with Crippen LogP contribution < -0.4 is 10.5 Å². The van der Waals surface area contributed by atoms with Crippen molar-refractivity contribution in [3.8, 4) is 17.0 Å². The van der Waals surface area contributed by atoms with Gasteiger partial charge in [0.2, 0.25) is 0 Å². The topological polar surface area (TPSA) is 85.4 Å². The number of carboxylic acids is 1. The molecule has 0 radical (unpaired) electrons. The van der Waals surface area contributed by atoms with Crippen molar-refractivity contribution in [2.24, 2.45) is 0 Å². The summed E-state index contributed by atoms with van der Waals surface area (Å²) < 4.78 is 9.57. The Kier molecular flexibility index (Phi) is 4.01. The number of hydrogen-bond donors (Lipinski definition) is 2. The number of aromatic nitrogens is 1. The van der Waals surface area contributed by atoms with Crippen molar-refractivity contribution in [1.29, 1.82) is 0 Å². The molecule has 0 atom stereocenters. The lowest BCUT2D eigenvalue weighted by atomic mass is 10.1. The first kappa shape index (κ1) is 13.4. The first-order chi connectivity index (χ1) is 9.13. The van der Waals surface area contributed by atoms with E-state index in [0.29, 0.717) is 12.3 Å². The highest BCUT2D eigenvalue weighted by atomic mass is 32.1. The molecule has 0 spiro atoms. The molecule has 2 aromatic rings. The molecular formula is C13H14N2O3S. The van der Waals surface area contributed by atoms with Gasteiger partial charge in [-0.05, 0) is 42.2 Å². The summed E-state index contributed by atoms with van der Waals surface area (Å²) in [4.78, 5) is 11.0. The highest BCUT2D eigenvalue weighted by Gasteiger charge is 2.17. The molecule has 100 valence electrons. The average molecular weight is 278 g/mol. The zero-order valence-corrected chi connectivity index (χ0v) is 11.2. The number of rotatable bonds is 5. The summed E-state index contributed by atoms with van der Waals surface area (Å²) in [7, 11) is 0. The van der Waals surface area contributed by atoms with Crippen LogP contribution in [-0.4, -0.2) is 22.1 Å². The lowest BCUT2D eigenvalue weighted by Crippen LogP contribution is -1.98. The van der Waals surface area contributed by atoms with E-state index in [1.54, 1.807) is 0 Å². The van der Waals surface area contributed by atoms with Crippen molar-refractivity contribution in [3.63, 3.8) is 0 Å². The van der Waals surface area contributed by atoms with Crippen LogP contribution in [0.1, 0.15) is 23.0 Å². The van der Waals surface area contributed by atoms with Crippen LogP contribution in [-0.2, 0) is 0 Å². The molecule has 0 aliphatic rings. The van der Waals surface area contributed by atoms with Crippen LogP contribution in [0, 0.1) is 0 Å². The molecule has 6 heteroatoms. The lowest BCUT2D eigenvalue weighted by molar-refractivity contribution is 0.0703. The van der Waals surface area contributed by atoms with Gasteiger partial charge >= 0.3 is 5.97 Å². The Morgan fingerprint density at radius 2 is 2.11 bits per heavy atom. The standard InChI is InChI=1S/C13H14N2O3S/c1-2-7-18-9-5-3-8(4-6-9)11-10(14)12(13(16)17)19-15-11/h3-6H,2,7,14H2,1H3,(H,16,17). The number of benzene rings is 1. The van der Waals surface area contributed by atoms with E-state index in [0.717, 1.165) is 29.3 Å². The van der Waals surface area contributed by atoms with Gasteiger partial charge in [0.1, 0.15) is 11.4 Å². The third kappa shape index (κ3) is 2.85. The fourth-order valence-corrected chi connectivity index (χ4v) is 2.25. The monoisotopic (exact) mass is 278 g/mol. The van der Waals surface area contributed by atoms with Gasteiger partial charge in [0.15, 0.2) is 4.88 Å². The van der Waals surface area contributed by atoms with Gasteiger partial charge in [-0.3, -0.25) is 0 Å². The number of carbonyl (C=O) groups is 1. The largest absolute Gasteiger partial charge is 0.494 e. The molecule has 0 aliphatic carbocycles. The fraction of sp³-hybridized carbons (Fsp3) is 0.231. The van der Waals surface area contributed by atoms with Gasteiger partial charge in [0.05, 0.1) is 12.3 Å². The molecule has 0 saturated carbocycles. The third-order valence-electron chi connectivity index (χ3n) is 2.52. The molecule has 5 nitrogen and oxygen atoms in total. The second kappa shape index (κ2) is 5.71. The Labute approximate surface area is 114 Å². The predicted octanol–water partition coefficient (Wildman–Crippen LogP) is 2.88. The molecule has 1 aromatic heterocycles. The summed E-state index contributed by atoms with van der Waals surface area (Å²) in [5.41, 5.74) is 7.29. The maximum atomic E-state index is 10.9. The Hall–Kier alpha value is -2.08. The molecule has 0 unspecified atom stereocenters. The number of hydrogen-bond acceptors (Lipinski definition) is 5. The molecule has 0 amide bonds. The van der Waals surface area contributed by atoms with E-state index >= 15 is 0 Å².